The van der Waals surface area contributed by atoms with Gasteiger partial charge in [-0.05, 0) is 37.3 Å². The van der Waals surface area contributed by atoms with Crippen LogP contribution in [0.15, 0.2) is 29.2 Å². The smallest absolute Gasteiger partial charge is 0.240 e. The number of anilines is 1. The summed E-state index contributed by atoms with van der Waals surface area (Å²) in [6.07, 6.45) is 5.42. The van der Waals surface area contributed by atoms with Crippen molar-refractivity contribution < 1.29 is 9.59 Å². The van der Waals surface area contributed by atoms with Gasteiger partial charge < -0.3 is 10.2 Å². The SMILES string of the molecule is CCC1Sc2ccccc2N(CC(=O)NC2CCCCC2C)C1=O. The van der Waals surface area contributed by atoms with Crippen molar-refractivity contribution in [3.63, 3.8) is 0 Å². The first-order valence-electron chi connectivity index (χ1n) is 8.96. The highest BCUT2D eigenvalue weighted by molar-refractivity contribution is 8.01. The number of carbonyl (C=O) groups is 2. The number of hydrogen-bond acceptors (Lipinski definition) is 3. The Morgan fingerprint density at radius 2 is 2.04 bits per heavy atom. The second kappa shape index (κ2) is 7.60. The zero-order valence-electron chi connectivity index (χ0n) is 14.5. The second-order valence-corrected chi connectivity index (χ2v) is 8.09. The third-order valence-electron chi connectivity index (χ3n) is 5.10. The molecule has 3 unspecified atom stereocenters. The van der Waals surface area contributed by atoms with E-state index in [9.17, 15) is 9.59 Å². The minimum absolute atomic E-state index is 0.0429. The largest absolute Gasteiger partial charge is 0.352 e. The predicted molar refractivity (Wildman–Crippen MR) is 98.3 cm³/mol. The lowest BCUT2D eigenvalue weighted by atomic mass is 9.86. The van der Waals surface area contributed by atoms with E-state index in [1.165, 1.54) is 19.3 Å². The Bertz CT molecular complexity index is 619. The van der Waals surface area contributed by atoms with Crippen LogP contribution in [0.4, 0.5) is 5.69 Å². The van der Waals surface area contributed by atoms with Crippen LogP contribution in [0.5, 0.6) is 0 Å². The number of fused-ring (bicyclic) bond motifs is 1. The van der Waals surface area contributed by atoms with Gasteiger partial charge in [0, 0.05) is 10.9 Å². The molecule has 2 amide bonds. The molecule has 1 aliphatic heterocycles. The van der Waals surface area contributed by atoms with E-state index in [2.05, 4.69) is 12.2 Å². The Morgan fingerprint density at radius 1 is 1.29 bits per heavy atom. The quantitative estimate of drug-likeness (QED) is 0.906. The Kier molecular flexibility index (Phi) is 5.49. The van der Waals surface area contributed by atoms with Crippen LogP contribution in [-0.2, 0) is 9.59 Å². The average Bonchev–Trinajstić information content (AvgIpc) is 2.59. The van der Waals surface area contributed by atoms with Gasteiger partial charge >= 0.3 is 0 Å². The van der Waals surface area contributed by atoms with Gasteiger partial charge in [-0.2, -0.15) is 0 Å². The summed E-state index contributed by atoms with van der Waals surface area (Å²) < 4.78 is 0. The summed E-state index contributed by atoms with van der Waals surface area (Å²) in [7, 11) is 0. The number of benzene rings is 1. The zero-order valence-corrected chi connectivity index (χ0v) is 15.3. The third-order valence-corrected chi connectivity index (χ3v) is 6.52. The van der Waals surface area contributed by atoms with Crippen molar-refractivity contribution in [2.45, 2.75) is 62.1 Å². The first-order valence-corrected chi connectivity index (χ1v) is 9.84. The summed E-state index contributed by atoms with van der Waals surface area (Å²) in [4.78, 5) is 28.1. The molecule has 1 heterocycles. The molecule has 1 saturated carbocycles. The van der Waals surface area contributed by atoms with Crippen LogP contribution in [0.2, 0.25) is 0 Å². The van der Waals surface area contributed by atoms with Crippen LogP contribution >= 0.6 is 11.8 Å². The topological polar surface area (TPSA) is 49.4 Å². The lowest BCUT2D eigenvalue weighted by Crippen LogP contribution is -2.49. The molecular weight excluding hydrogens is 320 g/mol. The highest BCUT2D eigenvalue weighted by Crippen LogP contribution is 2.39. The Hall–Kier alpha value is -1.49. The first-order chi connectivity index (χ1) is 11.6. The molecule has 3 atom stereocenters. The van der Waals surface area contributed by atoms with Crippen molar-refractivity contribution in [3.05, 3.63) is 24.3 Å². The lowest BCUT2D eigenvalue weighted by Gasteiger charge is -2.34. The van der Waals surface area contributed by atoms with E-state index in [0.29, 0.717) is 5.92 Å². The summed E-state index contributed by atoms with van der Waals surface area (Å²) in [5, 5.41) is 3.06. The van der Waals surface area contributed by atoms with Gasteiger partial charge in [0.25, 0.3) is 0 Å². The molecule has 1 aliphatic carbocycles. The molecule has 5 heteroatoms. The van der Waals surface area contributed by atoms with Gasteiger partial charge in [-0.1, -0.05) is 38.8 Å². The van der Waals surface area contributed by atoms with E-state index in [1.807, 2.05) is 31.2 Å². The molecule has 1 fully saturated rings. The van der Waals surface area contributed by atoms with Gasteiger partial charge in [-0.15, -0.1) is 11.8 Å². The number of hydrogen-bond donors (Lipinski definition) is 1. The number of carbonyl (C=O) groups excluding carboxylic acids is 2. The summed E-state index contributed by atoms with van der Waals surface area (Å²) in [5.41, 5.74) is 0.865. The summed E-state index contributed by atoms with van der Waals surface area (Å²) in [6, 6.07) is 8.12. The highest BCUT2D eigenvalue weighted by Gasteiger charge is 2.34. The van der Waals surface area contributed by atoms with E-state index in [1.54, 1.807) is 16.7 Å². The third kappa shape index (κ3) is 3.61. The van der Waals surface area contributed by atoms with Gasteiger partial charge in [-0.3, -0.25) is 9.59 Å². The molecule has 2 aliphatic rings. The molecule has 24 heavy (non-hydrogen) atoms. The fraction of sp³-hybridized carbons (Fsp3) is 0.579. The minimum Gasteiger partial charge on any atom is -0.352 e. The Labute approximate surface area is 148 Å². The van der Waals surface area contributed by atoms with Crippen LogP contribution in [-0.4, -0.2) is 29.7 Å². The van der Waals surface area contributed by atoms with Crippen molar-refractivity contribution in [3.8, 4) is 0 Å². The lowest BCUT2D eigenvalue weighted by molar-refractivity contribution is -0.124. The van der Waals surface area contributed by atoms with Gasteiger partial charge in [0.2, 0.25) is 11.8 Å². The molecule has 0 radical (unpaired) electrons. The maximum Gasteiger partial charge on any atom is 0.240 e. The molecule has 0 spiro atoms. The molecule has 0 bridgehead atoms. The number of rotatable bonds is 4. The van der Waals surface area contributed by atoms with Crippen molar-refractivity contribution in [2.75, 3.05) is 11.4 Å². The van der Waals surface area contributed by atoms with E-state index in [-0.39, 0.29) is 29.7 Å². The van der Waals surface area contributed by atoms with Gasteiger partial charge in [0.05, 0.1) is 10.9 Å². The maximum absolute atomic E-state index is 12.7. The number of thioether (sulfide) groups is 1. The van der Waals surface area contributed by atoms with Crippen molar-refractivity contribution >= 4 is 29.3 Å². The van der Waals surface area contributed by atoms with Crippen LogP contribution in [0.1, 0.15) is 46.0 Å². The summed E-state index contributed by atoms with van der Waals surface area (Å²) in [6.45, 7) is 4.34. The molecule has 130 valence electrons. The minimum atomic E-state index is -0.0960. The number of amides is 2. The molecule has 1 N–H and O–H groups in total. The zero-order chi connectivity index (χ0) is 17.1. The molecular formula is C19H26N2O2S. The van der Waals surface area contributed by atoms with Crippen molar-refractivity contribution in [1.29, 1.82) is 0 Å². The summed E-state index contributed by atoms with van der Waals surface area (Å²) >= 11 is 1.61. The molecule has 3 rings (SSSR count). The van der Waals surface area contributed by atoms with E-state index in [4.69, 9.17) is 0 Å². The fourth-order valence-corrected chi connectivity index (χ4v) is 4.78. The monoisotopic (exact) mass is 346 g/mol. The molecule has 1 aromatic carbocycles. The van der Waals surface area contributed by atoms with Crippen LogP contribution in [0.3, 0.4) is 0 Å². The molecule has 0 saturated heterocycles. The standard InChI is InChI=1S/C19H26N2O2S/c1-3-16-19(23)21(15-10-6-7-11-17(15)24-16)12-18(22)20-14-9-5-4-8-13(14)2/h6-7,10-11,13-14,16H,3-5,8-9,12H2,1-2H3,(H,20,22). The maximum atomic E-state index is 12.7. The van der Waals surface area contributed by atoms with Gasteiger partial charge in [0.1, 0.15) is 6.54 Å². The second-order valence-electron chi connectivity index (χ2n) is 6.84. The highest BCUT2D eigenvalue weighted by atomic mass is 32.2. The number of nitrogens with one attached hydrogen (secondary N) is 1. The van der Waals surface area contributed by atoms with Gasteiger partial charge in [0.15, 0.2) is 0 Å². The average molecular weight is 346 g/mol. The normalized spacial score (nSPS) is 26.8. The van der Waals surface area contributed by atoms with Crippen LogP contribution < -0.4 is 10.2 Å². The van der Waals surface area contributed by atoms with E-state index >= 15 is 0 Å². The Balaban J connectivity index is 1.72. The molecule has 4 nitrogen and oxygen atoms in total. The number of nitrogens with zero attached hydrogens (tertiary/aromatic N) is 1. The fourth-order valence-electron chi connectivity index (χ4n) is 3.62. The molecule has 0 aromatic heterocycles. The van der Waals surface area contributed by atoms with Crippen molar-refractivity contribution in [2.24, 2.45) is 5.92 Å². The summed E-state index contributed by atoms with van der Waals surface area (Å²) in [5.74, 6) is 0.526. The van der Waals surface area contributed by atoms with Crippen LogP contribution in [0.25, 0.3) is 0 Å². The predicted octanol–water partition coefficient (Wildman–Crippen LogP) is 3.60. The first kappa shape index (κ1) is 17.3. The van der Waals surface area contributed by atoms with Crippen molar-refractivity contribution in [1.82, 2.24) is 5.32 Å². The van der Waals surface area contributed by atoms with E-state index < -0.39 is 0 Å². The number of para-hydroxylation sites is 1. The van der Waals surface area contributed by atoms with Crippen LogP contribution in [0, 0.1) is 5.92 Å². The van der Waals surface area contributed by atoms with E-state index in [0.717, 1.165) is 23.4 Å². The Morgan fingerprint density at radius 3 is 2.79 bits per heavy atom. The molecule has 1 aromatic rings. The van der Waals surface area contributed by atoms with Gasteiger partial charge in [-0.25, -0.2) is 0 Å².